The Morgan fingerprint density at radius 1 is 1.39 bits per heavy atom. The normalized spacial score (nSPS) is 21.2. The zero-order valence-corrected chi connectivity index (χ0v) is 10.7. The highest BCUT2D eigenvalue weighted by Crippen LogP contribution is 2.38. The quantitative estimate of drug-likeness (QED) is 0.854. The maximum atomic E-state index is 11.8. The number of anilines is 1. The van der Waals surface area contributed by atoms with Crippen molar-refractivity contribution in [1.29, 1.82) is 0 Å². The Hall–Kier alpha value is -1.84. The molecule has 1 aliphatic carbocycles. The van der Waals surface area contributed by atoms with Crippen LogP contribution in [0, 0.1) is 11.8 Å². The minimum Gasteiger partial charge on any atom is -0.352 e. The first kappa shape index (κ1) is 12.6. The highest BCUT2D eigenvalue weighted by molar-refractivity contribution is 5.98. The minimum absolute atomic E-state index is 0.0514. The van der Waals surface area contributed by atoms with Crippen molar-refractivity contribution in [3.05, 3.63) is 29.8 Å². The van der Waals surface area contributed by atoms with Crippen molar-refractivity contribution in [1.82, 2.24) is 5.32 Å². The van der Waals surface area contributed by atoms with Gasteiger partial charge in [-0.2, -0.15) is 0 Å². The fourth-order valence-corrected chi connectivity index (χ4v) is 1.92. The Bertz CT molecular complexity index is 471. The van der Waals surface area contributed by atoms with Crippen LogP contribution in [0.2, 0.25) is 0 Å². The van der Waals surface area contributed by atoms with Gasteiger partial charge in [-0.15, -0.1) is 0 Å². The number of amides is 2. The fraction of sp³-hybridized carbons (Fsp3) is 0.429. The van der Waals surface area contributed by atoms with Crippen LogP contribution in [0.25, 0.3) is 0 Å². The van der Waals surface area contributed by atoms with Crippen LogP contribution >= 0.6 is 0 Å². The van der Waals surface area contributed by atoms with E-state index in [0.29, 0.717) is 23.7 Å². The average Bonchev–Trinajstić information content (AvgIpc) is 3.07. The second-order valence-corrected chi connectivity index (χ2v) is 4.75. The molecule has 1 aromatic rings. The Labute approximate surface area is 107 Å². The van der Waals surface area contributed by atoms with Gasteiger partial charge >= 0.3 is 0 Å². The lowest BCUT2D eigenvalue weighted by Gasteiger charge is -2.07. The standard InChI is InChI=1S/C14H18N2O2/c1-3-15-13(17)10-5-4-6-11(8-10)16-14(18)12-7-9(12)2/h4-6,8-9,12H,3,7H2,1-2H3,(H,15,17)(H,16,18)/t9-,12+/m1/s1. The summed E-state index contributed by atoms with van der Waals surface area (Å²) in [6, 6.07) is 7.01. The monoisotopic (exact) mass is 246 g/mol. The van der Waals surface area contributed by atoms with Crippen molar-refractivity contribution in [3.8, 4) is 0 Å². The topological polar surface area (TPSA) is 58.2 Å². The van der Waals surface area contributed by atoms with E-state index in [2.05, 4.69) is 17.6 Å². The number of carbonyl (C=O) groups excluding carboxylic acids is 2. The molecule has 1 aliphatic rings. The van der Waals surface area contributed by atoms with Gasteiger partial charge in [0.15, 0.2) is 0 Å². The maximum absolute atomic E-state index is 11.8. The summed E-state index contributed by atoms with van der Waals surface area (Å²) in [7, 11) is 0. The molecule has 2 amide bonds. The lowest BCUT2D eigenvalue weighted by molar-refractivity contribution is -0.117. The van der Waals surface area contributed by atoms with Crippen molar-refractivity contribution < 1.29 is 9.59 Å². The summed E-state index contributed by atoms with van der Waals surface area (Å²) in [6.45, 7) is 4.53. The van der Waals surface area contributed by atoms with Crippen LogP contribution in [-0.2, 0) is 4.79 Å². The van der Waals surface area contributed by atoms with Crippen LogP contribution in [0.15, 0.2) is 24.3 Å². The Morgan fingerprint density at radius 3 is 2.72 bits per heavy atom. The second-order valence-electron chi connectivity index (χ2n) is 4.75. The third kappa shape index (κ3) is 2.88. The first-order valence-corrected chi connectivity index (χ1v) is 6.31. The summed E-state index contributed by atoms with van der Waals surface area (Å²) < 4.78 is 0. The van der Waals surface area contributed by atoms with Crippen molar-refractivity contribution >= 4 is 17.5 Å². The van der Waals surface area contributed by atoms with E-state index in [1.165, 1.54) is 0 Å². The Balaban J connectivity index is 2.03. The van der Waals surface area contributed by atoms with Gasteiger partial charge in [-0.25, -0.2) is 0 Å². The first-order valence-electron chi connectivity index (χ1n) is 6.31. The summed E-state index contributed by atoms with van der Waals surface area (Å²) in [4.78, 5) is 23.4. The summed E-state index contributed by atoms with van der Waals surface area (Å²) in [5.41, 5.74) is 1.25. The van der Waals surface area contributed by atoms with E-state index in [9.17, 15) is 9.59 Å². The molecule has 0 radical (unpaired) electrons. The third-order valence-electron chi connectivity index (χ3n) is 3.18. The van der Waals surface area contributed by atoms with Crippen LogP contribution in [0.3, 0.4) is 0 Å². The number of nitrogens with one attached hydrogen (secondary N) is 2. The molecule has 0 heterocycles. The molecule has 0 aliphatic heterocycles. The van der Waals surface area contributed by atoms with Gasteiger partial charge < -0.3 is 10.6 Å². The summed E-state index contributed by atoms with van der Waals surface area (Å²) in [5, 5.41) is 5.59. The molecular weight excluding hydrogens is 228 g/mol. The van der Waals surface area contributed by atoms with Crippen LogP contribution in [0.4, 0.5) is 5.69 Å². The highest BCUT2D eigenvalue weighted by atomic mass is 16.2. The molecule has 0 saturated heterocycles. The Morgan fingerprint density at radius 2 is 2.11 bits per heavy atom. The molecule has 18 heavy (non-hydrogen) atoms. The fourth-order valence-electron chi connectivity index (χ4n) is 1.92. The van der Waals surface area contributed by atoms with E-state index in [1.807, 2.05) is 6.92 Å². The molecule has 1 saturated carbocycles. The molecule has 0 unspecified atom stereocenters. The molecule has 0 spiro atoms. The number of carbonyl (C=O) groups is 2. The number of benzene rings is 1. The zero-order chi connectivity index (χ0) is 13.1. The van der Waals surface area contributed by atoms with Crippen LogP contribution in [-0.4, -0.2) is 18.4 Å². The lowest BCUT2D eigenvalue weighted by atomic mass is 10.2. The summed E-state index contributed by atoms with van der Waals surface area (Å²) >= 11 is 0. The van der Waals surface area contributed by atoms with Gasteiger partial charge in [0.2, 0.25) is 5.91 Å². The van der Waals surface area contributed by atoms with E-state index in [1.54, 1.807) is 24.3 Å². The van der Waals surface area contributed by atoms with E-state index >= 15 is 0 Å². The predicted octanol–water partition coefficient (Wildman–Crippen LogP) is 2.03. The molecule has 1 aromatic carbocycles. The van der Waals surface area contributed by atoms with Crippen LogP contribution < -0.4 is 10.6 Å². The SMILES string of the molecule is CCNC(=O)c1cccc(NC(=O)[C@H]2C[C@H]2C)c1. The van der Waals surface area contributed by atoms with Gasteiger partial charge in [-0.1, -0.05) is 13.0 Å². The van der Waals surface area contributed by atoms with Crippen molar-refractivity contribution in [3.63, 3.8) is 0 Å². The Kier molecular flexibility index (Phi) is 3.65. The van der Waals surface area contributed by atoms with Gasteiger partial charge in [0, 0.05) is 23.7 Å². The minimum atomic E-state index is -0.117. The van der Waals surface area contributed by atoms with Gasteiger partial charge in [-0.05, 0) is 37.5 Å². The number of rotatable bonds is 4. The van der Waals surface area contributed by atoms with E-state index in [0.717, 1.165) is 6.42 Å². The zero-order valence-electron chi connectivity index (χ0n) is 10.7. The van der Waals surface area contributed by atoms with Gasteiger partial charge in [0.05, 0.1) is 0 Å². The lowest BCUT2D eigenvalue weighted by Crippen LogP contribution is -2.23. The summed E-state index contributed by atoms with van der Waals surface area (Å²) in [5.74, 6) is 0.554. The van der Waals surface area contributed by atoms with Crippen molar-refractivity contribution in [2.45, 2.75) is 20.3 Å². The molecule has 0 aromatic heterocycles. The third-order valence-corrected chi connectivity index (χ3v) is 3.18. The smallest absolute Gasteiger partial charge is 0.251 e. The molecule has 2 rings (SSSR count). The molecule has 0 bridgehead atoms. The number of hydrogen-bond acceptors (Lipinski definition) is 2. The predicted molar refractivity (Wildman–Crippen MR) is 70.3 cm³/mol. The van der Waals surface area contributed by atoms with E-state index in [4.69, 9.17) is 0 Å². The van der Waals surface area contributed by atoms with E-state index < -0.39 is 0 Å². The van der Waals surface area contributed by atoms with Crippen molar-refractivity contribution in [2.75, 3.05) is 11.9 Å². The second kappa shape index (κ2) is 5.21. The molecule has 2 N–H and O–H groups in total. The average molecular weight is 246 g/mol. The van der Waals surface area contributed by atoms with Gasteiger partial charge in [0.1, 0.15) is 0 Å². The molecular formula is C14H18N2O2. The first-order chi connectivity index (χ1) is 8.61. The molecule has 4 heteroatoms. The number of hydrogen-bond donors (Lipinski definition) is 2. The molecule has 4 nitrogen and oxygen atoms in total. The van der Waals surface area contributed by atoms with Gasteiger partial charge in [-0.3, -0.25) is 9.59 Å². The molecule has 1 fully saturated rings. The molecule has 96 valence electrons. The molecule has 2 atom stereocenters. The van der Waals surface area contributed by atoms with E-state index in [-0.39, 0.29) is 17.7 Å². The van der Waals surface area contributed by atoms with Gasteiger partial charge in [0.25, 0.3) is 5.91 Å². The van der Waals surface area contributed by atoms with Crippen molar-refractivity contribution in [2.24, 2.45) is 11.8 Å². The van der Waals surface area contributed by atoms with Crippen LogP contribution in [0.1, 0.15) is 30.6 Å². The maximum Gasteiger partial charge on any atom is 0.251 e. The largest absolute Gasteiger partial charge is 0.352 e. The summed E-state index contributed by atoms with van der Waals surface area (Å²) in [6.07, 6.45) is 0.960. The van der Waals surface area contributed by atoms with Crippen LogP contribution in [0.5, 0.6) is 0 Å². The highest BCUT2D eigenvalue weighted by Gasteiger charge is 2.39.